The predicted molar refractivity (Wildman–Crippen MR) is 54.6 cm³/mol. The van der Waals surface area contributed by atoms with Gasteiger partial charge in [0.2, 0.25) is 0 Å². The summed E-state index contributed by atoms with van der Waals surface area (Å²) in [5, 5.41) is 9.65. The Morgan fingerprint density at radius 1 is 1.36 bits per heavy atom. The molecule has 1 N–H and O–H groups in total. The molecule has 0 spiro atoms. The number of aromatic hydroxyl groups is 1. The lowest BCUT2D eigenvalue weighted by Gasteiger charge is -2.07. The van der Waals surface area contributed by atoms with E-state index in [0.29, 0.717) is 0 Å². The van der Waals surface area contributed by atoms with Gasteiger partial charge in [-0.3, -0.25) is 0 Å². The third kappa shape index (κ3) is 1.37. The average molecular weight is 188 g/mol. The van der Waals surface area contributed by atoms with Gasteiger partial charge in [-0.1, -0.05) is 19.1 Å². The van der Waals surface area contributed by atoms with Crippen molar-refractivity contribution in [2.75, 3.05) is 0 Å². The molecule has 0 unspecified atom stereocenters. The van der Waals surface area contributed by atoms with Crippen LogP contribution in [0.1, 0.15) is 12.7 Å². The normalized spacial score (nSPS) is 10.4. The van der Waals surface area contributed by atoms with Crippen LogP contribution in [0.25, 0.3) is 5.69 Å². The van der Waals surface area contributed by atoms with Crippen molar-refractivity contribution in [2.45, 2.75) is 13.3 Å². The summed E-state index contributed by atoms with van der Waals surface area (Å²) in [7, 11) is 0. The van der Waals surface area contributed by atoms with Crippen molar-refractivity contribution in [3.63, 3.8) is 0 Å². The Hall–Kier alpha value is -1.77. The molecule has 2 aromatic rings. The summed E-state index contributed by atoms with van der Waals surface area (Å²) in [6.07, 6.45) is 4.44. The number of phenols is 1. The van der Waals surface area contributed by atoms with E-state index in [1.807, 2.05) is 29.8 Å². The number of aryl methyl sites for hydroxylation is 1. The highest BCUT2D eigenvalue weighted by Gasteiger charge is 2.05. The van der Waals surface area contributed by atoms with Crippen LogP contribution in [0.3, 0.4) is 0 Å². The van der Waals surface area contributed by atoms with Gasteiger partial charge in [0.1, 0.15) is 11.6 Å². The molecule has 0 aliphatic heterocycles. The van der Waals surface area contributed by atoms with Crippen molar-refractivity contribution in [1.82, 2.24) is 9.55 Å². The molecule has 3 heteroatoms. The van der Waals surface area contributed by atoms with E-state index >= 15 is 0 Å². The second-order valence-electron chi connectivity index (χ2n) is 3.06. The van der Waals surface area contributed by atoms with Crippen molar-refractivity contribution in [3.8, 4) is 11.4 Å². The van der Waals surface area contributed by atoms with Gasteiger partial charge in [0.05, 0.1) is 5.69 Å². The van der Waals surface area contributed by atoms with Crippen LogP contribution < -0.4 is 0 Å². The van der Waals surface area contributed by atoms with Crippen LogP contribution in [-0.4, -0.2) is 14.7 Å². The van der Waals surface area contributed by atoms with E-state index in [1.165, 1.54) is 0 Å². The quantitative estimate of drug-likeness (QED) is 0.784. The smallest absolute Gasteiger partial charge is 0.139 e. The molecular formula is C11H12N2O. The molecular weight excluding hydrogens is 176 g/mol. The zero-order valence-electron chi connectivity index (χ0n) is 8.01. The Morgan fingerprint density at radius 2 is 2.14 bits per heavy atom. The average Bonchev–Trinajstić information content (AvgIpc) is 2.66. The third-order valence-electron chi connectivity index (χ3n) is 2.17. The highest BCUT2D eigenvalue weighted by Crippen LogP contribution is 2.21. The van der Waals surface area contributed by atoms with E-state index in [4.69, 9.17) is 0 Å². The predicted octanol–water partition coefficient (Wildman–Crippen LogP) is 2.14. The monoisotopic (exact) mass is 188 g/mol. The van der Waals surface area contributed by atoms with Crippen molar-refractivity contribution >= 4 is 0 Å². The summed E-state index contributed by atoms with van der Waals surface area (Å²) in [5.74, 6) is 1.23. The van der Waals surface area contributed by atoms with Crippen molar-refractivity contribution in [2.24, 2.45) is 0 Å². The largest absolute Gasteiger partial charge is 0.506 e. The Labute approximate surface area is 82.7 Å². The van der Waals surface area contributed by atoms with Gasteiger partial charge < -0.3 is 9.67 Å². The number of aromatic nitrogens is 2. The summed E-state index contributed by atoms with van der Waals surface area (Å²) in [4.78, 5) is 4.20. The fourth-order valence-electron chi connectivity index (χ4n) is 1.48. The summed E-state index contributed by atoms with van der Waals surface area (Å²) in [6, 6.07) is 7.25. The summed E-state index contributed by atoms with van der Waals surface area (Å²) in [5.41, 5.74) is 0.779. The number of hydrogen-bond acceptors (Lipinski definition) is 2. The van der Waals surface area contributed by atoms with Gasteiger partial charge >= 0.3 is 0 Å². The highest BCUT2D eigenvalue weighted by molar-refractivity contribution is 5.46. The molecule has 0 aliphatic carbocycles. The second-order valence-corrected chi connectivity index (χ2v) is 3.06. The van der Waals surface area contributed by atoms with Crippen molar-refractivity contribution in [3.05, 3.63) is 42.5 Å². The number of phenolic OH excluding ortho intramolecular Hbond substituents is 1. The number of imidazole rings is 1. The Kier molecular flexibility index (Phi) is 2.23. The fraction of sp³-hybridized carbons (Fsp3) is 0.182. The summed E-state index contributed by atoms with van der Waals surface area (Å²) < 4.78 is 1.90. The first-order valence-electron chi connectivity index (χ1n) is 4.63. The standard InChI is InChI=1S/C11H12N2O/c1-2-11-12-7-8-13(11)9-5-3-4-6-10(9)14/h3-8,14H,2H2,1H3. The lowest BCUT2D eigenvalue weighted by molar-refractivity contribution is 0.471. The van der Waals surface area contributed by atoms with Gasteiger partial charge in [0.25, 0.3) is 0 Å². The minimum atomic E-state index is 0.278. The molecule has 0 radical (unpaired) electrons. The van der Waals surface area contributed by atoms with Gasteiger partial charge in [-0.2, -0.15) is 0 Å². The summed E-state index contributed by atoms with van der Waals surface area (Å²) >= 11 is 0. The maximum Gasteiger partial charge on any atom is 0.139 e. The first-order chi connectivity index (χ1) is 6.83. The molecule has 2 rings (SSSR count). The van der Waals surface area contributed by atoms with Gasteiger partial charge in [-0.25, -0.2) is 4.98 Å². The minimum Gasteiger partial charge on any atom is -0.506 e. The van der Waals surface area contributed by atoms with E-state index in [0.717, 1.165) is 17.9 Å². The molecule has 0 saturated carbocycles. The lowest BCUT2D eigenvalue weighted by Crippen LogP contribution is -1.98. The number of benzene rings is 1. The van der Waals surface area contributed by atoms with E-state index in [1.54, 1.807) is 18.3 Å². The van der Waals surface area contributed by atoms with Crippen molar-refractivity contribution < 1.29 is 5.11 Å². The molecule has 0 aliphatic rings. The molecule has 1 aromatic carbocycles. The molecule has 1 heterocycles. The maximum absolute atomic E-state index is 9.65. The fourth-order valence-corrected chi connectivity index (χ4v) is 1.48. The number of para-hydroxylation sites is 2. The second kappa shape index (κ2) is 3.54. The topological polar surface area (TPSA) is 38.0 Å². The van der Waals surface area contributed by atoms with Gasteiger partial charge in [0.15, 0.2) is 0 Å². The van der Waals surface area contributed by atoms with Crippen LogP contribution in [0.2, 0.25) is 0 Å². The van der Waals surface area contributed by atoms with Gasteiger partial charge in [0, 0.05) is 18.8 Å². The molecule has 3 nitrogen and oxygen atoms in total. The first-order valence-corrected chi connectivity index (χ1v) is 4.63. The number of hydrogen-bond donors (Lipinski definition) is 1. The molecule has 72 valence electrons. The van der Waals surface area contributed by atoms with Crippen LogP contribution in [0.4, 0.5) is 0 Å². The maximum atomic E-state index is 9.65. The van der Waals surface area contributed by atoms with Crippen molar-refractivity contribution in [1.29, 1.82) is 0 Å². The van der Waals surface area contributed by atoms with Gasteiger partial charge in [-0.05, 0) is 12.1 Å². The van der Waals surface area contributed by atoms with Gasteiger partial charge in [-0.15, -0.1) is 0 Å². The van der Waals surface area contributed by atoms with Crippen LogP contribution in [0, 0.1) is 0 Å². The molecule has 0 amide bonds. The van der Waals surface area contributed by atoms with Crippen LogP contribution in [-0.2, 0) is 6.42 Å². The Balaban J connectivity index is 2.54. The van der Waals surface area contributed by atoms with E-state index in [2.05, 4.69) is 4.98 Å². The Bertz CT molecular complexity index is 434. The minimum absolute atomic E-state index is 0.278. The molecule has 14 heavy (non-hydrogen) atoms. The molecule has 0 saturated heterocycles. The Morgan fingerprint density at radius 3 is 2.86 bits per heavy atom. The first kappa shape index (κ1) is 8.81. The van der Waals surface area contributed by atoms with E-state index in [9.17, 15) is 5.11 Å². The zero-order valence-corrected chi connectivity index (χ0v) is 8.01. The highest BCUT2D eigenvalue weighted by atomic mass is 16.3. The molecule has 0 bridgehead atoms. The van der Waals surface area contributed by atoms with Crippen LogP contribution >= 0.6 is 0 Å². The van der Waals surface area contributed by atoms with Crippen LogP contribution in [0.5, 0.6) is 5.75 Å². The SMILES string of the molecule is CCc1nccn1-c1ccccc1O. The number of rotatable bonds is 2. The van der Waals surface area contributed by atoms with Crippen LogP contribution in [0.15, 0.2) is 36.7 Å². The third-order valence-corrected chi connectivity index (χ3v) is 2.17. The molecule has 1 aromatic heterocycles. The van der Waals surface area contributed by atoms with E-state index < -0.39 is 0 Å². The van der Waals surface area contributed by atoms with E-state index in [-0.39, 0.29) is 5.75 Å². The zero-order chi connectivity index (χ0) is 9.97. The lowest BCUT2D eigenvalue weighted by atomic mass is 10.3. The summed E-state index contributed by atoms with van der Waals surface area (Å²) in [6.45, 7) is 2.04. The molecule has 0 atom stereocenters. The number of nitrogens with zero attached hydrogens (tertiary/aromatic N) is 2. The molecule has 0 fully saturated rings.